The second kappa shape index (κ2) is 7.40. The molecule has 2 N–H and O–H groups in total. The van der Waals surface area contributed by atoms with E-state index in [0.717, 1.165) is 19.3 Å². The van der Waals surface area contributed by atoms with Crippen molar-refractivity contribution < 1.29 is 10.2 Å². The molecule has 0 radical (unpaired) electrons. The van der Waals surface area contributed by atoms with Crippen LogP contribution in [0, 0.1) is 23.2 Å². The van der Waals surface area contributed by atoms with Gasteiger partial charge in [-0.25, -0.2) is 0 Å². The summed E-state index contributed by atoms with van der Waals surface area (Å²) in [5, 5.41) is 20.1. The van der Waals surface area contributed by atoms with Crippen LogP contribution in [-0.2, 0) is 0 Å². The Kier molecular flexibility index (Phi) is 5.60. The van der Waals surface area contributed by atoms with E-state index >= 15 is 0 Å². The molecule has 3 rings (SSSR count). The Balaban J connectivity index is 1.81. The Labute approximate surface area is 153 Å². The second-order valence-electron chi connectivity index (χ2n) is 9.13. The molecule has 0 saturated heterocycles. The molecule has 0 amide bonds. The van der Waals surface area contributed by atoms with Crippen molar-refractivity contribution in [3.05, 3.63) is 35.5 Å². The number of hydrogen-bond donors (Lipinski definition) is 2. The highest BCUT2D eigenvalue weighted by Gasteiger charge is 2.51. The van der Waals surface area contributed by atoms with Crippen LogP contribution in [0.15, 0.2) is 35.5 Å². The molecule has 2 nitrogen and oxygen atoms in total. The Morgan fingerprint density at radius 3 is 2.64 bits per heavy atom. The zero-order valence-electron chi connectivity index (χ0n) is 16.3. The topological polar surface area (TPSA) is 40.5 Å². The first-order valence-electron chi connectivity index (χ1n) is 10.3. The van der Waals surface area contributed by atoms with Crippen molar-refractivity contribution in [3.63, 3.8) is 0 Å². The fraction of sp³-hybridized carbons (Fsp3) is 0.739. The minimum Gasteiger partial charge on any atom is -0.393 e. The number of aliphatic hydroxyl groups excluding tert-OH is 2. The summed E-state index contributed by atoms with van der Waals surface area (Å²) in [5.41, 5.74) is 4.37. The van der Waals surface area contributed by atoms with Gasteiger partial charge in [0, 0.05) is 0 Å². The third-order valence-corrected chi connectivity index (χ3v) is 7.62. The fourth-order valence-electron chi connectivity index (χ4n) is 5.87. The van der Waals surface area contributed by atoms with E-state index in [2.05, 4.69) is 32.6 Å². The van der Waals surface area contributed by atoms with E-state index in [9.17, 15) is 10.2 Å². The van der Waals surface area contributed by atoms with E-state index in [1.807, 2.05) is 6.92 Å². The maximum Gasteiger partial charge on any atom is 0.0583 e. The quantitative estimate of drug-likeness (QED) is 0.741. The Bertz CT molecular complexity index is 571. The van der Waals surface area contributed by atoms with Crippen LogP contribution >= 0.6 is 0 Å². The molecule has 0 heterocycles. The lowest BCUT2D eigenvalue weighted by molar-refractivity contribution is 0.0298. The van der Waals surface area contributed by atoms with Crippen LogP contribution in [0.2, 0.25) is 0 Å². The first-order valence-corrected chi connectivity index (χ1v) is 10.3. The third-order valence-electron chi connectivity index (χ3n) is 7.62. The van der Waals surface area contributed by atoms with Crippen molar-refractivity contribution in [1.82, 2.24) is 0 Å². The van der Waals surface area contributed by atoms with Crippen LogP contribution in [0.4, 0.5) is 0 Å². The fourth-order valence-corrected chi connectivity index (χ4v) is 5.87. The summed E-state index contributed by atoms with van der Waals surface area (Å²) in [6.07, 6.45) is 13.0. The highest BCUT2D eigenvalue weighted by Crippen LogP contribution is 2.59. The number of rotatable bonds is 3. The van der Waals surface area contributed by atoms with Gasteiger partial charge in [0.15, 0.2) is 0 Å². The lowest BCUT2D eigenvalue weighted by atomic mass is 9.60. The van der Waals surface area contributed by atoms with E-state index in [1.54, 1.807) is 5.57 Å². The van der Waals surface area contributed by atoms with Gasteiger partial charge < -0.3 is 10.2 Å². The molecule has 0 aromatic carbocycles. The van der Waals surface area contributed by atoms with Gasteiger partial charge in [0.2, 0.25) is 0 Å². The summed E-state index contributed by atoms with van der Waals surface area (Å²) >= 11 is 0. The molecule has 3 saturated carbocycles. The molecule has 6 atom stereocenters. The lowest BCUT2D eigenvalue weighted by Crippen LogP contribution is -2.38. The standard InChI is InChI=1S/C23H36O2/c1-15-7-10-20(25)14-19(15)9-8-18-6-5-13-23(4)21(11-12-22(18)23)16(2)17(3)24/h8-9,16-17,20-22,24-25H,1,5-7,10-14H2,2-4H3/b18-8+,19-9+/t16-,17-,20+,21-,22+,23-/m1/s1. The Hall–Kier alpha value is -0.860. The SMILES string of the molecule is C=C1CC[C@H](O)C/C1=C\C=C1/CCC[C@]2(C)[C@@H]([C@H](C)[C@@H](C)O)CC[C@@H]12. The minimum absolute atomic E-state index is 0.200. The zero-order chi connectivity index (χ0) is 18.2. The van der Waals surface area contributed by atoms with Gasteiger partial charge in [0.1, 0.15) is 0 Å². The average molecular weight is 345 g/mol. The normalized spacial score (nSPS) is 41.8. The first-order chi connectivity index (χ1) is 11.8. The number of fused-ring (bicyclic) bond motifs is 1. The van der Waals surface area contributed by atoms with Crippen LogP contribution in [0.25, 0.3) is 0 Å². The summed E-state index contributed by atoms with van der Waals surface area (Å²) in [6.45, 7) is 10.8. The van der Waals surface area contributed by atoms with Gasteiger partial charge in [-0.2, -0.15) is 0 Å². The van der Waals surface area contributed by atoms with Crippen LogP contribution in [0.5, 0.6) is 0 Å². The maximum absolute atomic E-state index is 10.1. The van der Waals surface area contributed by atoms with Crippen molar-refractivity contribution >= 4 is 0 Å². The maximum atomic E-state index is 10.1. The smallest absolute Gasteiger partial charge is 0.0583 e. The van der Waals surface area contributed by atoms with Gasteiger partial charge >= 0.3 is 0 Å². The van der Waals surface area contributed by atoms with E-state index in [1.165, 1.54) is 43.3 Å². The summed E-state index contributed by atoms with van der Waals surface area (Å²) in [5.74, 6) is 1.66. The van der Waals surface area contributed by atoms with Gasteiger partial charge in [-0.3, -0.25) is 0 Å². The van der Waals surface area contributed by atoms with Crippen molar-refractivity contribution in [2.45, 2.75) is 84.3 Å². The molecule has 0 aromatic heterocycles. The van der Waals surface area contributed by atoms with E-state index < -0.39 is 0 Å². The van der Waals surface area contributed by atoms with Crippen LogP contribution in [0.1, 0.15) is 72.1 Å². The van der Waals surface area contributed by atoms with Crippen molar-refractivity contribution in [2.24, 2.45) is 23.2 Å². The Morgan fingerprint density at radius 1 is 1.16 bits per heavy atom. The number of allylic oxidation sites excluding steroid dienone is 4. The lowest BCUT2D eigenvalue weighted by Gasteiger charge is -2.45. The summed E-state index contributed by atoms with van der Waals surface area (Å²) in [4.78, 5) is 0. The molecule has 0 aromatic rings. The molecule has 2 heteroatoms. The van der Waals surface area contributed by atoms with Crippen molar-refractivity contribution in [2.75, 3.05) is 0 Å². The summed E-state index contributed by atoms with van der Waals surface area (Å²) < 4.78 is 0. The molecule has 3 fully saturated rings. The molecule has 3 aliphatic rings. The van der Waals surface area contributed by atoms with E-state index in [-0.39, 0.29) is 12.2 Å². The highest BCUT2D eigenvalue weighted by atomic mass is 16.3. The Morgan fingerprint density at radius 2 is 1.92 bits per heavy atom. The predicted molar refractivity (Wildman–Crippen MR) is 104 cm³/mol. The third kappa shape index (κ3) is 3.66. The largest absolute Gasteiger partial charge is 0.393 e. The molecular formula is C23H36O2. The van der Waals surface area contributed by atoms with Gasteiger partial charge in [-0.15, -0.1) is 0 Å². The van der Waals surface area contributed by atoms with Crippen LogP contribution in [0.3, 0.4) is 0 Å². The van der Waals surface area contributed by atoms with Gasteiger partial charge in [0.05, 0.1) is 12.2 Å². The number of aliphatic hydroxyl groups is 2. The first kappa shape index (κ1) is 18.9. The molecule has 3 aliphatic carbocycles. The van der Waals surface area contributed by atoms with Gasteiger partial charge in [-0.05, 0) is 87.0 Å². The zero-order valence-corrected chi connectivity index (χ0v) is 16.3. The molecule has 140 valence electrons. The monoisotopic (exact) mass is 344 g/mol. The molecular weight excluding hydrogens is 308 g/mol. The minimum atomic E-state index is -0.218. The molecule has 25 heavy (non-hydrogen) atoms. The molecule has 0 bridgehead atoms. The predicted octanol–water partition coefficient (Wildman–Crippen LogP) is 5.17. The van der Waals surface area contributed by atoms with E-state index in [4.69, 9.17) is 0 Å². The van der Waals surface area contributed by atoms with Crippen LogP contribution in [-0.4, -0.2) is 22.4 Å². The second-order valence-corrected chi connectivity index (χ2v) is 9.13. The van der Waals surface area contributed by atoms with Gasteiger partial charge in [0.25, 0.3) is 0 Å². The molecule has 0 unspecified atom stereocenters. The summed E-state index contributed by atoms with van der Waals surface area (Å²) in [6, 6.07) is 0. The van der Waals surface area contributed by atoms with Crippen molar-refractivity contribution in [3.8, 4) is 0 Å². The number of hydrogen-bond acceptors (Lipinski definition) is 2. The molecule has 0 spiro atoms. The highest BCUT2D eigenvalue weighted by molar-refractivity contribution is 5.36. The average Bonchev–Trinajstić information content (AvgIpc) is 2.92. The van der Waals surface area contributed by atoms with Gasteiger partial charge in [-0.1, -0.05) is 43.7 Å². The van der Waals surface area contributed by atoms with Crippen molar-refractivity contribution in [1.29, 1.82) is 0 Å². The molecule has 0 aliphatic heterocycles. The van der Waals surface area contributed by atoms with Crippen LogP contribution < -0.4 is 0 Å². The van der Waals surface area contributed by atoms with E-state index in [0.29, 0.717) is 23.2 Å². The summed E-state index contributed by atoms with van der Waals surface area (Å²) in [7, 11) is 0.